The van der Waals surface area contributed by atoms with E-state index in [1.807, 2.05) is 27.8 Å². The van der Waals surface area contributed by atoms with Gasteiger partial charge >= 0.3 is 0 Å². The van der Waals surface area contributed by atoms with E-state index in [9.17, 15) is 0 Å². The molecule has 14 heavy (non-hydrogen) atoms. The van der Waals surface area contributed by atoms with E-state index >= 15 is 0 Å². The number of nitrogens with zero attached hydrogens (tertiary/aromatic N) is 1. The van der Waals surface area contributed by atoms with Gasteiger partial charge in [-0.25, -0.2) is 0 Å². The minimum Gasteiger partial charge on any atom is -0.328 e. The van der Waals surface area contributed by atoms with E-state index in [0.29, 0.717) is 5.71 Å². The molecule has 0 bridgehead atoms. The summed E-state index contributed by atoms with van der Waals surface area (Å²) in [6, 6.07) is 0. The summed E-state index contributed by atoms with van der Waals surface area (Å²) in [5.74, 6) is 0.534. The number of likely N-dealkylation sites (N-methyl/N-ethyl adjacent to an activating group) is 1. The van der Waals surface area contributed by atoms with E-state index in [2.05, 4.69) is 6.58 Å². The predicted molar refractivity (Wildman–Crippen MR) is 59.9 cm³/mol. The van der Waals surface area contributed by atoms with E-state index < -0.39 is 0 Å². The first-order valence-corrected chi connectivity index (χ1v) is 4.69. The molecule has 0 aliphatic carbocycles. The van der Waals surface area contributed by atoms with Crippen molar-refractivity contribution < 1.29 is 0 Å². The molecular weight excluding hydrogens is 174 g/mol. The van der Waals surface area contributed by atoms with Crippen LogP contribution in [-0.4, -0.2) is 23.5 Å². The molecule has 0 aromatic rings. The molecule has 0 radical (unpaired) electrons. The largest absolute Gasteiger partial charge is 0.328 e. The Morgan fingerprint density at radius 3 is 2.14 bits per heavy atom. The molecule has 1 heterocycles. The average Bonchev–Trinajstić information content (AvgIpc) is 2.29. The van der Waals surface area contributed by atoms with Gasteiger partial charge in [-0.05, 0) is 18.4 Å². The van der Waals surface area contributed by atoms with Gasteiger partial charge in [0, 0.05) is 12.6 Å². The minimum atomic E-state index is 0.263. The summed E-state index contributed by atoms with van der Waals surface area (Å²) in [7, 11) is 1.82. The van der Waals surface area contributed by atoms with E-state index in [1.54, 1.807) is 4.90 Å². The summed E-state index contributed by atoms with van der Waals surface area (Å²) in [6.07, 6.45) is 0. The van der Waals surface area contributed by atoms with E-state index in [4.69, 9.17) is 10.8 Å². The Kier molecular flexibility index (Phi) is 2.60. The van der Waals surface area contributed by atoms with Crippen LogP contribution in [0.1, 0.15) is 20.8 Å². The first-order valence-electron chi connectivity index (χ1n) is 4.69. The molecule has 0 spiro atoms. The lowest BCUT2D eigenvalue weighted by molar-refractivity contribution is 0.634. The molecule has 0 saturated carbocycles. The molecule has 1 aliphatic heterocycles. The molecule has 0 amide bonds. The quantitative estimate of drug-likeness (QED) is 0.692. The van der Waals surface area contributed by atoms with Crippen molar-refractivity contribution in [2.75, 3.05) is 7.05 Å². The zero-order valence-electron chi connectivity index (χ0n) is 9.23. The van der Waals surface area contributed by atoms with Crippen LogP contribution < -0.4 is 0 Å². The lowest BCUT2D eigenvalue weighted by Crippen LogP contribution is -2.23. The van der Waals surface area contributed by atoms with Crippen LogP contribution in [0.3, 0.4) is 0 Å². The van der Waals surface area contributed by atoms with E-state index in [1.165, 1.54) is 0 Å². The third-order valence-corrected chi connectivity index (χ3v) is 2.41. The third kappa shape index (κ3) is 1.39. The molecule has 0 aromatic heterocycles. The second-order valence-corrected chi connectivity index (χ2v) is 3.98. The molecule has 1 rings (SSSR count). The molecule has 2 N–H and O–H groups in total. The molecule has 3 nitrogen and oxygen atoms in total. The average molecular weight is 191 g/mol. The summed E-state index contributed by atoms with van der Waals surface area (Å²) < 4.78 is 0. The van der Waals surface area contributed by atoms with Crippen molar-refractivity contribution in [2.24, 2.45) is 5.92 Å². The summed E-state index contributed by atoms with van der Waals surface area (Å²) in [5.41, 5.74) is 3.13. The maximum Gasteiger partial charge on any atom is 0.150 e. The first-order chi connectivity index (χ1) is 6.37. The number of allylic oxidation sites excluding steroid dienone is 1. The molecular formula is C11H17N3. The Hall–Kier alpha value is -1.38. The zero-order chi connectivity index (χ0) is 11.0. The van der Waals surface area contributed by atoms with Gasteiger partial charge in [0.2, 0.25) is 0 Å². The van der Waals surface area contributed by atoms with Crippen LogP contribution in [0.2, 0.25) is 0 Å². The molecule has 0 fully saturated rings. The molecule has 0 atom stereocenters. The fourth-order valence-electron chi connectivity index (χ4n) is 1.78. The Morgan fingerprint density at radius 2 is 1.86 bits per heavy atom. The highest BCUT2D eigenvalue weighted by molar-refractivity contribution is 6.48. The topological polar surface area (TPSA) is 50.9 Å². The number of amidine groups is 1. The van der Waals surface area contributed by atoms with Crippen LogP contribution in [0, 0.1) is 16.7 Å². The lowest BCUT2D eigenvalue weighted by atomic mass is 9.96. The highest BCUT2D eigenvalue weighted by atomic mass is 15.2. The summed E-state index contributed by atoms with van der Waals surface area (Å²) in [6.45, 7) is 9.89. The molecule has 3 heteroatoms. The first kappa shape index (κ1) is 10.7. The molecule has 76 valence electrons. The standard InChI is InChI=1S/C11H17N3/c1-6(2)8-9(12)11(13)14(5)10(8)7(3)4/h6,12-13H,3H2,1-2,4-5H3. The van der Waals surface area contributed by atoms with Crippen molar-refractivity contribution in [2.45, 2.75) is 20.8 Å². The number of hydrogen-bond donors (Lipinski definition) is 2. The van der Waals surface area contributed by atoms with Gasteiger partial charge in [0.15, 0.2) is 5.84 Å². The van der Waals surface area contributed by atoms with Crippen molar-refractivity contribution in [3.63, 3.8) is 0 Å². The number of hydrogen-bond acceptors (Lipinski definition) is 2. The van der Waals surface area contributed by atoms with Gasteiger partial charge in [0.25, 0.3) is 0 Å². The van der Waals surface area contributed by atoms with Crippen LogP contribution in [0.15, 0.2) is 23.4 Å². The van der Waals surface area contributed by atoms with Gasteiger partial charge < -0.3 is 4.90 Å². The number of rotatable bonds is 2. The second kappa shape index (κ2) is 3.40. The van der Waals surface area contributed by atoms with Gasteiger partial charge in [-0.1, -0.05) is 20.4 Å². The van der Waals surface area contributed by atoms with Crippen LogP contribution in [0.4, 0.5) is 0 Å². The summed E-state index contributed by atoms with van der Waals surface area (Å²) in [4.78, 5) is 1.74. The number of nitrogens with one attached hydrogen (secondary N) is 2. The van der Waals surface area contributed by atoms with Gasteiger partial charge in [0.05, 0.1) is 5.70 Å². The Balaban J connectivity index is 3.32. The van der Waals surface area contributed by atoms with Crippen molar-refractivity contribution in [3.05, 3.63) is 23.4 Å². The van der Waals surface area contributed by atoms with Gasteiger partial charge in [-0.3, -0.25) is 10.8 Å². The fraction of sp³-hybridized carbons (Fsp3) is 0.455. The van der Waals surface area contributed by atoms with E-state index in [-0.39, 0.29) is 11.8 Å². The smallest absolute Gasteiger partial charge is 0.150 e. The Bertz CT molecular complexity index is 348. The fourth-order valence-corrected chi connectivity index (χ4v) is 1.78. The summed E-state index contributed by atoms with van der Waals surface area (Å²) >= 11 is 0. The Labute approximate surface area is 85.1 Å². The molecule has 0 unspecified atom stereocenters. The van der Waals surface area contributed by atoms with Crippen LogP contribution >= 0.6 is 0 Å². The monoisotopic (exact) mass is 191 g/mol. The predicted octanol–water partition coefficient (Wildman–Crippen LogP) is 2.42. The SMILES string of the molecule is C=C(C)C1=C(C(C)C)C(=N)C(=N)N1C. The molecule has 1 aliphatic rings. The van der Waals surface area contributed by atoms with Crippen LogP contribution in [0.25, 0.3) is 0 Å². The molecule has 0 saturated heterocycles. The van der Waals surface area contributed by atoms with Crippen molar-refractivity contribution in [1.82, 2.24) is 4.90 Å². The zero-order valence-corrected chi connectivity index (χ0v) is 9.23. The normalized spacial score (nSPS) is 17.4. The van der Waals surface area contributed by atoms with Gasteiger partial charge in [0.1, 0.15) is 5.71 Å². The van der Waals surface area contributed by atoms with Gasteiger partial charge in [-0.2, -0.15) is 0 Å². The summed E-state index contributed by atoms with van der Waals surface area (Å²) in [5, 5.41) is 15.6. The molecule has 0 aromatic carbocycles. The Morgan fingerprint density at radius 1 is 1.36 bits per heavy atom. The highest BCUT2D eigenvalue weighted by Gasteiger charge is 2.31. The maximum absolute atomic E-state index is 7.83. The lowest BCUT2D eigenvalue weighted by Gasteiger charge is -2.16. The van der Waals surface area contributed by atoms with Gasteiger partial charge in [-0.15, -0.1) is 0 Å². The second-order valence-electron chi connectivity index (χ2n) is 3.98. The van der Waals surface area contributed by atoms with Crippen molar-refractivity contribution >= 4 is 11.5 Å². The van der Waals surface area contributed by atoms with Crippen LogP contribution in [0.5, 0.6) is 0 Å². The maximum atomic E-state index is 7.83. The third-order valence-electron chi connectivity index (χ3n) is 2.41. The van der Waals surface area contributed by atoms with Crippen LogP contribution in [-0.2, 0) is 0 Å². The van der Waals surface area contributed by atoms with Crippen molar-refractivity contribution in [3.8, 4) is 0 Å². The van der Waals surface area contributed by atoms with E-state index in [0.717, 1.165) is 16.8 Å². The van der Waals surface area contributed by atoms with Crippen molar-refractivity contribution in [1.29, 1.82) is 10.8 Å². The minimum absolute atomic E-state index is 0.263. The highest BCUT2D eigenvalue weighted by Crippen LogP contribution is 2.30.